The van der Waals surface area contributed by atoms with Crippen molar-refractivity contribution in [2.75, 3.05) is 26.2 Å². The first kappa shape index (κ1) is 13.2. The summed E-state index contributed by atoms with van der Waals surface area (Å²) in [6, 6.07) is 0.557. The van der Waals surface area contributed by atoms with E-state index in [9.17, 15) is 4.39 Å². The van der Waals surface area contributed by atoms with Gasteiger partial charge in [-0.2, -0.15) is 0 Å². The Morgan fingerprint density at radius 1 is 1.47 bits per heavy atom. The Balaban J connectivity index is 0.00000112. The summed E-state index contributed by atoms with van der Waals surface area (Å²) >= 11 is 0. The van der Waals surface area contributed by atoms with Crippen LogP contribution in [0.15, 0.2) is 0 Å². The molecule has 3 atom stereocenters. The molecular weight excluding hydrogens is 219 g/mol. The molecule has 0 aromatic carbocycles. The molecule has 2 aliphatic rings. The molecular formula is C10H20ClFN2O. The second kappa shape index (κ2) is 5.99. The standard InChI is InChI=1S/C10H19FN2O.ClH/c11-8-4-10(7-14)13(5-8)6-9-2-1-3-12-9;/h8-10,12,14H,1-7H2;1H/t8?,9-,10?;/m0./s1. The number of aliphatic hydroxyl groups excluding tert-OH is 1. The zero-order valence-electron chi connectivity index (χ0n) is 8.86. The summed E-state index contributed by atoms with van der Waals surface area (Å²) in [6.07, 6.45) is 2.17. The number of nitrogens with one attached hydrogen (secondary N) is 1. The molecule has 90 valence electrons. The molecule has 0 bridgehead atoms. The molecule has 2 unspecified atom stereocenters. The van der Waals surface area contributed by atoms with Gasteiger partial charge in [0, 0.05) is 25.2 Å². The Hall–Kier alpha value is 0.1000. The van der Waals surface area contributed by atoms with Gasteiger partial charge in [-0.15, -0.1) is 12.4 Å². The van der Waals surface area contributed by atoms with Crippen molar-refractivity contribution in [1.29, 1.82) is 0 Å². The molecule has 2 aliphatic heterocycles. The highest BCUT2D eigenvalue weighted by atomic mass is 35.5. The first-order chi connectivity index (χ1) is 6.79. The normalized spacial score (nSPS) is 36.8. The number of halogens is 2. The van der Waals surface area contributed by atoms with Crippen molar-refractivity contribution >= 4 is 12.4 Å². The molecule has 2 fully saturated rings. The molecule has 2 heterocycles. The second-order valence-electron chi connectivity index (χ2n) is 4.42. The van der Waals surface area contributed by atoms with Crippen molar-refractivity contribution in [3.63, 3.8) is 0 Å². The minimum atomic E-state index is -0.742. The smallest absolute Gasteiger partial charge is 0.114 e. The maximum Gasteiger partial charge on any atom is 0.114 e. The molecule has 0 spiro atoms. The summed E-state index contributed by atoms with van der Waals surface area (Å²) in [7, 11) is 0. The lowest BCUT2D eigenvalue weighted by atomic mass is 10.2. The van der Waals surface area contributed by atoms with E-state index in [4.69, 9.17) is 5.11 Å². The topological polar surface area (TPSA) is 35.5 Å². The van der Waals surface area contributed by atoms with Crippen LogP contribution in [0.1, 0.15) is 19.3 Å². The summed E-state index contributed by atoms with van der Waals surface area (Å²) in [6.45, 7) is 2.57. The molecule has 0 amide bonds. The van der Waals surface area contributed by atoms with Crippen molar-refractivity contribution in [3.05, 3.63) is 0 Å². The van der Waals surface area contributed by atoms with E-state index in [0.29, 0.717) is 19.0 Å². The first-order valence-electron chi connectivity index (χ1n) is 5.52. The third-order valence-electron chi connectivity index (χ3n) is 3.30. The number of aliphatic hydroxyl groups is 1. The van der Waals surface area contributed by atoms with E-state index in [-0.39, 0.29) is 25.1 Å². The van der Waals surface area contributed by atoms with Gasteiger partial charge >= 0.3 is 0 Å². The second-order valence-corrected chi connectivity index (χ2v) is 4.42. The van der Waals surface area contributed by atoms with E-state index in [1.807, 2.05) is 0 Å². The molecule has 0 aromatic heterocycles. The van der Waals surface area contributed by atoms with E-state index in [1.165, 1.54) is 12.8 Å². The number of hydrogen-bond donors (Lipinski definition) is 2. The van der Waals surface area contributed by atoms with Crippen molar-refractivity contribution in [2.45, 2.75) is 37.5 Å². The lowest BCUT2D eigenvalue weighted by Gasteiger charge is -2.25. The SMILES string of the molecule is Cl.OCC1CC(F)CN1C[C@@H]1CCCN1. The molecule has 2 rings (SSSR count). The average molecular weight is 239 g/mol. The van der Waals surface area contributed by atoms with Crippen molar-refractivity contribution in [2.24, 2.45) is 0 Å². The largest absolute Gasteiger partial charge is 0.395 e. The molecule has 0 saturated carbocycles. The van der Waals surface area contributed by atoms with Crippen LogP contribution >= 0.6 is 12.4 Å². The fourth-order valence-electron chi connectivity index (χ4n) is 2.53. The van der Waals surface area contributed by atoms with Crippen LogP contribution < -0.4 is 5.32 Å². The first-order valence-corrected chi connectivity index (χ1v) is 5.52. The van der Waals surface area contributed by atoms with E-state index >= 15 is 0 Å². The summed E-state index contributed by atoms with van der Waals surface area (Å²) in [5.41, 5.74) is 0. The Labute approximate surface area is 96.4 Å². The number of nitrogens with zero attached hydrogens (tertiary/aromatic N) is 1. The molecule has 5 heteroatoms. The monoisotopic (exact) mass is 238 g/mol. The quantitative estimate of drug-likeness (QED) is 0.755. The third kappa shape index (κ3) is 3.28. The molecule has 2 saturated heterocycles. The fourth-order valence-corrected chi connectivity index (χ4v) is 2.53. The van der Waals surface area contributed by atoms with E-state index in [0.717, 1.165) is 13.1 Å². The minimum Gasteiger partial charge on any atom is -0.395 e. The zero-order chi connectivity index (χ0) is 9.97. The molecule has 3 nitrogen and oxygen atoms in total. The lowest BCUT2D eigenvalue weighted by molar-refractivity contribution is 0.150. The summed E-state index contributed by atoms with van der Waals surface area (Å²) in [4.78, 5) is 2.09. The van der Waals surface area contributed by atoms with Crippen molar-refractivity contribution < 1.29 is 9.50 Å². The third-order valence-corrected chi connectivity index (χ3v) is 3.30. The zero-order valence-corrected chi connectivity index (χ0v) is 9.68. The van der Waals surface area contributed by atoms with Crippen LogP contribution in [0, 0.1) is 0 Å². The fraction of sp³-hybridized carbons (Fsp3) is 1.00. The Morgan fingerprint density at radius 3 is 2.87 bits per heavy atom. The number of likely N-dealkylation sites (tertiary alicyclic amines) is 1. The Bertz CT molecular complexity index is 190. The van der Waals surface area contributed by atoms with Gasteiger partial charge in [-0.3, -0.25) is 4.90 Å². The highest BCUT2D eigenvalue weighted by molar-refractivity contribution is 5.85. The van der Waals surface area contributed by atoms with Gasteiger partial charge in [0.25, 0.3) is 0 Å². The van der Waals surface area contributed by atoms with Crippen LogP contribution in [-0.2, 0) is 0 Å². The predicted molar refractivity (Wildman–Crippen MR) is 60.2 cm³/mol. The van der Waals surface area contributed by atoms with E-state index in [1.54, 1.807) is 0 Å². The van der Waals surface area contributed by atoms with Gasteiger partial charge in [-0.25, -0.2) is 4.39 Å². The highest BCUT2D eigenvalue weighted by Crippen LogP contribution is 2.21. The van der Waals surface area contributed by atoms with Gasteiger partial charge in [0.05, 0.1) is 6.61 Å². The van der Waals surface area contributed by atoms with E-state index in [2.05, 4.69) is 10.2 Å². The van der Waals surface area contributed by atoms with Gasteiger partial charge < -0.3 is 10.4 Å². The maximum absolute atomic E-state index is 13.1. The summed E-state index contributed by atoms with van der Waals surface area (Å²) in [5, 5.41) is 12.5. The lowest BCUT2D eigenvalue weighted by Crippen LogP contribution is -2.41. The molecule has 0 radical (unpaired) electrons. The van der Waals surface area contributed by atoms with Crippen LogP contribution in [0.5, 0.6) is 0 Å². The van der Waals surface area contributed by atoms with Gasteiger partial charge in [0.2, 0.25) is 0 Å². The molecule has 15 heavy (non-hydrogen) atoms. The van der Waals surface area contributed by atoms with Crippen LogP contribution in [0.25, 0.3) is 0 Å². The van der Waals surface area contributed by atoms with Crippen molar-refractivity contribution in [1.82, 2.24) is 10.2 Å². The minimum absolute atomic E-state index is 0. The summed E-state index contributed by atoms with van der Waals surface area (Å²) in [5.74, 6) is 0. The average Bonchev–Trinajstić information content (AvgIpc) is 2.76. The number of rotatable bonds is 3. The molecule has 0 aliphatic carbocycles. The predicted octanol–water partition coefficient (Wildman–Crippen LogP) is 0.565. The van der Waals surface area contributed by atoms with Gasteiger partial charge in [-0.1, -0.05) is 0 Å². The molecule has 2 N–H and O–H groups in total. The van der Waals surface area contributed by atoms with Crippen molar-refractivity contribution in [3.8, 4) is 0 Å². The summed E-state index contributed by atoms with van der Waals surface area (Å²) < 4.78 is 13.1. The maximum atomic E-state index is 13.1. The highest BCUT2D eigenvalue weighted by Gasteiger charge is 2.33. The Kier molecular flexibility index (Phi) is 5.26. The number of hydrogen-bond acceptors (Lipinski definition) is 3. The van der Waals surface area contributed by atoms with Gasteiger partial charge in [0.1, 0.15) is 6.17 Å². The Morgan fingerprint density at radius 2 is 2.27 bits per heavy atom. The van der Waals surface area contributed by atoms with Gasteiger partial charge in [0.15, 0.2) is 0 Å². The van der Waals surface area contributed by atoms with Crippen LogP contribution in [0.2, 0.25) is 0 Å². The van der Waals surface area contributed by atoms with Crippen LogP contribution in [0.3, 0.4) is 0 Å². The molecule has 0 aromatic rings. The van der Waals surface area contributed by atoms with Crippen LogP contribution in [0.4, 0.5) is 4.39 Å². The van der Waals surface area contributed by atoms with E-state index < -0.39 is 6.17 Å². The number of alkyl halides is 1. The van der Waals surface area contributed by atoms with Gasteiger partial charge in [-0.05, 0) is 25.8 Å². The van der Waals surface area contributed by atoms with Crippen LogP contribution in [-0.4, -0.2) is 54.5 Å².